The van der Waals surface area contributed by atoms with Crippen LogP contribution in [0.3, 0.4) is 0 Å². The first-order valence-electron chi connectivity index (χ1n) is 10.2. The fourth-order valence-electron chi connectivity index (χ4n) is 3.58. The molecule has 3 aromatic rings. The van der Waals surface area contributed by atoms with Crippen molar-refractivity contribution in [1.29, 1.82) is 0 Å². The van der Waals surface area contributed by atoms with Gasteiger partial charge < -0.3 is 14.5 Å². The number of nitrogens with zero attached hydrogens (tertiary/aromatic N) is 1. The van der Waals surface area contributed by atoms with Crippen LogP contribution in [0.5, 0.6) is 5.75 Å². The van der Waals surface area contributed by atoms with Crippen molar-refractivity contribution in [3.05, 3.63) is 82.3 Å². The van der Waals surface area contributed by atoms with Gasteiger partial charge in [-0.1, -0.05) is 35.9 Å². The number of nitrogens with one attached hydrogen (secondary N) is 2. The van der Waals surface area contributed by atoms with Gasteiger partial charge in [0.2, 0.25) is 0 Å². The van der Waals surface area contributed by atoms with Gasteiger partial charge in [0.25, 0.3) is 11.8 Å². The van der Waals surface area contributed by atoms with Gasteiger partial charge >= 0.3 is 0 Å². The van der Waals surface area contributed by atoms with Crippen molar-refractivity contribution in [3.8, 4) is 5.75 Å². The molecule has 1 heterocycles. The Kier molecular flexibility index (Phi) is 6.56. The monoisotopic (exact) mass is 451 g/mol. The Hall–Kier alpha value is -3.58. The molecule has 0 fully saturated rings. The Labute approximate surface area is 190 Å². The highest BCUT2D eigenvalue weighted by molar-refractivity contribution is 6.31. The van der Waals surface area contributed by atoms with Gasteiger partial charge in [0, 0.05) is 28.3 Å². The van der Waals surface area contributed by atoms with Gasteiger partial charge in [-0.25, -0.2) is 5.43 Å². The number of amides is 2. The van der Waals surface area contributed by atoms with Gasteiger partial charge in [-0.05, 0) is 50.1 Å². The molecule has 0 bridgehead atoms. The van der Waals surface area contributed by atoms with Crippen LogP contribution in [0, 0.1) is 6.92 Å². The lowest BCUT2D eigenvalue weighted by atomic mass is 9.93. The SMILES string of the molecule is Cc1c(C(=O)Nc2cccc(Cl)c2)oc2c1/C(=N/NC(=O)COc1ccccc1)CCC2. The molecule has 0 radical (unpaired) electrons. The van der Waals surface area contributed by atoms with E-state index in [-0.39, 0.29) is 24.2 Å². The van der Waals surface area contributed by atoms with E-state index in [9.17, 15) is 9.59 Å². The highest BCUT2D eigenvalue weighted by Crippen LogP contribution is 2.30. The molecule has 0 atom stereocenters. The van der Waals surface area contributed by atoms with E-state index in [1.54, 1.807) is 36.4 Å². The number of hydrogen-bond acceptors (Lipinski definition) is 5. The van der Waals surface area contributed by atoms with E-state index in [0.29, 0.717) is 46.3 Å². The molecule has 4 rings (SSSR count). The number of carbonyl (C=O) groups is 2. The largest absolute Gasteiger partial charge is 0.484 e. The topological polar surface area (TPSA) is 92.9 Å². The third kappa shape index (κ3) is 5.00. The average molecular weight is 452 g/mol. The zero-order chi connectivity index (χ0) is 22.5. The van der Waals surface area contributed by atoms with Crippen molar-refractivity contribution < 1.29 is 18.7 Å². The molecule has 1 aliphatic rings. The fourth-order valence-corrected chi connectivity index (χ4v) is 3.77. The number of fused-ring (bicyclic) bond motifs is 1. The second-order valence-electron chi connectivity index (χ2n) is 7.37. The number of anilines is 1. The van der Waals surface area contributed by atoms with E-state index in [4.69, 9.17) is 20.8 Å². The molecular weight excluding hydrogens is 430 g/mol. The van der Waals surface area contributed by atoms with Crippen molar-refractivity contribution >= 4 is 34.8 Å². The molecule has 1 aromatic heterocycles. The summed E-state index contributed by atoms with van der Waals surface area (Å²) in [7, 11) is 0. The highest BCUT2D eigenvalue weighted by Gasteiger charge is 2.28. The standard InChI is InChI=1S/C24H22ClN3O4/c1-15-22-19(27-28-21(29)14-31-18-9-3-2-4-10-18)11-6-12-20(22)32-23(15)24(30)26-17-8-5-7-16(25)13-17/h2-5,7-10,13H,6,11-12,14H2,1H3,(H,26,30)(H,28,29)/b27-19+. The van der Waals surface area contributed by atoms with Gasteiger partial charge in [0.15, 0.2) is 12.4 Å². The molecule has 2 amide bonds. The normalized spacial score (nSPS) is 14.0. The molecule has 1 aliphatic carbocycles. The van der Waals surface area contributed by atoms with Crippen LogP contribution in [-0.4, -0.2) is 24.1 Å². The maximum atomic E-state index is 12.8. The first kappa shape index (κ1) is 21.6. The average Bonchev–Trinajstić information content (AvgIpc) is 3.14. The number of benzene rings is 2. The smallest absolute Gasteiger partial charge is 0.291 e. The third-order valence-electron chi connectivity index (χ3n) is 5.04. The maximum Gasteiger partial charge on any atom is 0.291 e. The molecule has 0 unspecified atom stereocenters. The highest BCUT2D eigenvalue weighted by atomic mass is 35.5. The lowest BCUT2D eigenvalue weighted by molar-refractivity contribution is -0.123. The summed E-state index contributed by atoms with van der Waals surface area (Å²) in [6.45, 7) is 1.67. The predicted molar refractivity (Wildman–Crippen MR) is 122 cm³/mol. The van der Waals surface area contributed by atoms with Gasteiger partial charge in [-0.2, -0.15) is 5.10 Å². The lowest BCUT2D eigenvalue weighted by Gasteiger charge is -2.13. The van der Waals surface area contributed by atoms with E-state index in [2.05, 4.69) is 15.8 Å². The van der Waals surface area contributed by atoms with Crippen LogP contribution in [0.2, 0.25) is 5.02 Å². The van der Waals surface area contributed by atoms with E-state index in [1.165, 1.54) is 0 Å². The summed E-state index contributed by atoms with van der Waals surface area (Å²) >= 11 is 5.99. The number of hydrazone groups is 1. The van der Waals surface area contributed by atoms with E-state index < -0.39 is 0 Å². The first-order chi connectivity index (χ1) is 15.5. The van der Waals surface area contributed by atoms with E-state index in [1.807, 2.05) is 25.1 Å². The van der Waals surface area contributed by atoms with Crippen molar-refractivity contribution in [1.82, 2.24) is 5.43 Å². The zero-order valence-corrected chi connectivity index (χ0v) is 18.2. The van der Waals surface area contributed by atoms with Crippen LogP contribution in [-0.2, 0) is 11.2 Å². The molecule has 164 valence electrons. The van der Waals surface area contributed by atoms with Crippen LogP contribution < -0.4 is 15.5 Å². The van der Waals surface area contributed by atoms with Crippen LogP contribution >= 0.6 is 11.6 Å². The molecule has 2 aromatic carbocycles. The maximum absolute atomic E-state index is 12.8. The van der Waals surface area contributed by atoms with Crippen LogP contribution in [0.4, 0.5) is 5.69 Å². The summed E-state index contributed by atoms with van der Waals surface area (Å²) in [6, 6.07) is 16.0. The summed E-state index contributed by atoms with van der Waals surface area (Å²) in [5.41, 5.74) is 5.27. The Morgan fingerprint density at radius 2 is 1.94 bits per heavy atom. The quantitative estimate of drug-likeness (QED) is 0.530. The molecular formula is C24H22ClN3O4. The van der Waals surface area contributed by atoms with Crippen LogP contribution in [0.25, 0.3) is 0 Å². The first-order valence-corrected chi connectivity index (χ1v) is 10.6. The minimum absolute atomic E-state index is 0.148. The molecule has 0 saturated carbocycles. The molecule has 0 saturated heterocycles. The lowest BCUT2D eigenvalue weighted by Crippen LogP contribution is -2.27. The van der Waals surface area contributed by atoms with Gasteiger partial charge in [0.1, 0.15) is 11.5 Å². The third-order valence-corrected chi connectivity index (χ3v) is 5.28. The van der Waals surface area contributed by atoms with Crippen molar-refractivity contribution in [2.45, 2.75) is 26.2 Å². The van der Waals surface area contributed by atoms with Crippen molar-refractivity contribution in [2.75, 3.05) is 11.9 Å². The van der Waals surface area contributed by atoms with Crippen LogP contribution in [0.15, 0.2) is 64.1 Å². The Balaban J connectivity index is 1.46. The predicted octanol–water partition coefficient (Wildman–Crippen LogP) is 4.73. The molecule has 0 aliphatic heterocycles. The minimum atomic E-state index is -0.367. The second kappa shape index (κ2) is 9.70. The number of carbonyl (C=O) groups excluding carboxylic acids is 2. The Morgan fingerprint density at radius 3 is 2.72 bits per heavy atom. The summed E-state index contributed by atoms with van der Waals surface area (Å²) in [6.07, 6.45) is 2.18. The molecule has 0 spiro atoms. The number of furan rings is 1. The van der Waals surface area contributed by atoms with Gasteiger partial charge in [-0.15, -0.1) is 0 Å². The number of halogens is 1. The number of ether oxygens (including phenoxy) is 1. The van der Waals surface area contributed by atoms with Gasteiger partial charge in [-0.3, -0.25) is 9.59 Å². The van der Waals surface area contributed by atoms with E-state index in [0.717, 1.165) is 12.0 Å². The molecule has 32 heavy (non-hydrogen) atoms. The fraction of sp³-hybridized carbons (Fsp3) is 0.208. The summed E-state index contributed by atoms with van der Waals surface area (Å²) in [5, 5.41) is 7.62. The zero-order valence-electron chi connectivity index (χ0n) is 17.5. The summed E-state index contributed by atoms with van der Waals surface area (Å²) in [5.74, 6) is 0.797. The van der Waals surface area contributed by atoms with E-state index >= 15 is 0 Å². The van der Waals surface area contributed by atoms with Gasteiger partial charge in [0.05, 0.1) is 5.71 Å². The number of aryl methyl sites for hydroxylation is 1. The Bertz CT molecular complexity index is 1170. The minimum Gasteiger partial charge on any atom is -0.484 e. The molecule has 2 N–H and O–H groups in total. The second-order valence-corrected chi connectivity index (χ2v) is 7.80. The van der Waals surface area contributed by atoms with Crippen molar-refractivity contribution in [2.24, 2.45) is 5.10 Å². The van der Waals surface area contributed by atoms with Crippen molar-refractivity contribution in [3.63, 3.8) is 0 Å². The number of para-hydroxylation sites is 1. The molecule has 7 nitrogen and oxygen atoms in total. The summed E-state index contributed by atoms with van der Waals surface area (Å²) in [4.78, 5) is 24.9. The summed E-state index contributed by atoms with van der Waals surface area (Å²) < 4.78 is 11.3. The number of rotatable bonds is 6. The number of hydrogen-bond donors (Lipinski definition) is 2. The Morgan fingerprint density at radius 1 is 1.12 bits per heavy atom. The van der Waals surface area contributed by atoms with Crippen LogP contribution in [0.1, 0.15) is 40.3 Å². The molecule has 8 heteroatoms.